The standard InChI is InChI=1S/C13H19NO3/c1-16-13(15)10-14(11-5-2-3-6-11)9-12-7-4-8-17-12/h4,7-8,11H,2-3,5-6,9-10H2,1H3. The molecule has 0 aliphatic heterocycles. The third-order valence-electron chi connectivity index (χ3n) is 3.34. The zero-order valence-corrected chi connectivity index (χ0v) is 10.2. The number of furan rings is 1. The lowest BCUT2D eigenvalue weighted by Gasteiger charge is -2.26. The van der Waals surface area contributed by atoms with Crippen molar-refractivity contribution in [1.29, 1.82) is 0 Å². The third kappa shape index (κ3) is 3.33. The van der Waals surface area contributed by atoms with E-state index < -0.39 is 0 Å². The Hall–Kier alpha value is -1.29. The fraction of sp³-hybridized carbons (Fsp3) is 0.615. The highest BCUT2D eigenvalue weighted by atomic mass is 16.5. The number of nitrogens with zero attached hydrogens (tertiary/aromatic N) is 1. The third-order valence-corrected chi connectivity index (χ3v) is 3.34. The first-order chi connectivity index (χ1) is 8.29. The van der Waals surface area contributed by atoms with Gasteiger partial charge in [0, 0.05) is 6.04 Å². The first-order valence-corrected chi connectivity index (χ1v) is 6.13. The molecule has 0 N–H and O–H groups in total. The van der Waals surface area contributed by atoms with Crippen molar-refractivity contribution in [3.05, 3.63) is 24.2 Å². The highest BCUT2D eigenvalue weighted by molar-refractivity contribution is 5.71. The Morgan fingerprint density at radius 2 is 2.29 bits per heavy atom. The Morgan fingerprint density at radius 1 is 1.53 bits per heavy atom. The Bertz CT molecular complexity index is 342. The molecular formula is C13H19NO3. The number of hydrogen-bond donors (Lipinski definition) is 0. The number of hydrogen-bond acceptors (Lipinski definition) is 4. The van der Waals surface area contributed by atoms with Crippen LogP contribution in [0.1, 0.15) is 31.4 Å². The van der Waals surface area contributed by atoms with Crippen molar-refractivity contribution < 1.29 is 13.9 Å². The smallest absolute Gasteiger partial charge is 0.319 e. The van der Waals surface area contributed by atoms with Crippen LogP contribution in [0.2, 0.25) is 0 Å². The molecule has 17 heavy (non-hydrogen) atoms. The molecular weight excluding hydrogens is 218 g/mol. The van der Waals surface area contributed by atoms with Crippen molar-refractivity contribution in [2.45, 2.75) is 38.3 Å². The number of ether oxygens (including phenoxy) is 1. The van der Waals surface area contributed by atoms with Gasteiger partial charge >= 0.3 is 5.97 Å². The van der Waals surface area contributed by atoms with Crippen LogP contribution in [0.25, 0.3) is 0 Å². The second-order valence-corrected chi connectivity index (χ2v) is 4.50. The van der Waals surface area contributed by atoms with E-state index in [9.17, 15) is 4.79 Å². The largest absolute Gasteiger partial charge is 0.468 e. The van der Waals surface area contributed by atoms with E-state index in [-0.39, 0.29) is 5.97 Å². The van der Waals surface area contributed by atoms with E-state index in [2.05, 4.69) is 4.90 Å². The van der Waals surface area contributed by atoms with Gasteiger partial charge in [0.05, 0.1) is 26.5 Å². The van der Waals surface area contributed by atoms with Gasteiger partial charge in [0.25, 0.3) is 0 Å². The van der Waals surface area contributed by atoms with Gasteiger partial charge in [-0.15, -0.1) is 0 Å². The van der Waals surface area contributed by atoms with Gasteiger partial charge in [-0.2, -0.15) is 0 Å². The van der Waals surface area contributed by atoms with E-state index in [0.717, 1.165) is 18.6 Å². The zero-order chi connectivity index (χ0) is 12.1. The first-order valence-electron chi connectivity index (χ1n) is 6.13. The van der Waals surface area contributed by atoms with E-state index in [4.69, 9.17) is 9.15 Å². The molecule has 0 unspecified atom stereocenters. The van der Waals surface area contributed by atoms with Gasteiger partial charge in [0.15, 0.2) is 0 Å². The van der Waals surface area contributed by atoms with Crippen molar-refractivity contribution in [1.82, 2.24) is 4.90 Å². The van der Waals surface area contributed by atoms with Crippen molar-refractivity contribution in [3.63, 3.8) is 0 Å². The second kappa shape index (κ2) is 5.87. The normalized spacial score (nSPS) is 16.6. The topological polar surface area (TPSA) is 42.7 Å². The van der Waals surface area contributed by atoms with E-state index in [1.807, 2.05) is 12.1 Å². The van der Waals surface area contributed by atoms with Crippen LogP contribution in [0.3, 0.4) is 0 Å². The Balaban J connectivity index is 1.98. The molecule has 0 amide bonds. The molecule has 0 bridgehead atoms. The summed E-state index contributed by atoms with van der Waals surface area (Å²) in [6, 6.07) is 4.30. The van der Waals surface area contributed by atoms with Crippen LogP contribution in [0.4, 0.5) is 0 Å². The van der Waals surface area contributed by atoms with Gasteiger partial charge in [-0.1, -0.05) is 12.8 Å². The number of rotatable bonds is 5. The van der Waals surface area contributed by atoms with Crippen molar-refractivity contribution in [2.75, 3.05) is 13.7 Å². The van der Waals surface area contributed by atoms with E-state index in [0.29, 0.717) is 19.1 Å². The fourth-order valence-electron chi connectivity index (χ4n) is 2.42. The summed E-state index contributed by atoms with van der Waals surface area (Å²) in [5.74, 6) is 0.726. The van der Waals surface area contributed by atoms with E-state index >= 15 is 0 Å². The van der Waals surface area contributed by atoms with Crippen LogP contribution < -0.4 is 0 Å². The van der Waals surface area contributed by atoms with Gasteiger partial charge in [0.2, 0.25) is 0 Å². The molecule has 0 spiro atoms. The summed E-state index contributed by atoms with van der Waals surface area (Å²) in [7, 11) is 1.43. The summed E-state index contributed by atoms with van der Waals surface area (Å²) in [5, 5.41) is 0. The van der Waals surface area contributed by atoms with Crippen LogP contribution in [0, 0.1) is 0 Å². The maximum Gasteiger partial charge on any atom is 0.319 e. The monoisotopic (exact) mass is 237 g/mol. The van der Waals surface area contributed by atoms with Gasteiger partial charge in [-0.3, -0.25) is 9.69 Å². The molecule has 1 aromatic heterocycles. The molecule has 1 aliphatic rings. The average Bonchev–Trinajstić information content (AvgIpc) is 3.00. The summed E-state index contributed by atoms with van der Waals surface area (Å²) in [6.07, 6.45) is 6.50. The average molecular weight is 237 g/mol. The van der Waals surface area contributed by atoms with Crippen molar-refractivity contribution in [3.8, 4) is 0 Å². The molecule has 0 aromatic carbocycles. The highest BCUT2D eigenvalue weighted by Crippen LogP contribution is 2.24. The second-order valence-electron chi connectivity index (χ2n) is 4.50. The lowest BCUT2D eigenvalue weighted by Crippen LogP contribution is -2.37. The molecule has 1 aromatic rings. The minimum atomic E-state index is -0.177. The number of carbonyl (C=O) groups excluding carboxylic acids is 1. The number of methoxy groups -OCH3 is 1. The Labute approximate surface area is 102 Å². The highest BCUT2D eigenvalue weighted by Gasteiger charge is 2.25. The van der Waals surface area contributed by atoms with Crippen molar-refractivity contribution >= 4 is 5.97 Å². The fourth-order valence-corrected chi connectivity index (χ4v) is 2.42. The van der Waals surface area contributed by atoms with Crippen LogP contribution >= 0.6 is 0 Å². The SMILES string of the molecule is COC(=O)CN(Cc1ccco1)C1CCCC1. The van der Waals surface area contributed by atoms with Crippen LogP contribution in [-0.2, 0) is 16.1 Å². The summed E-state index contributed by atoms with van der Waals surface area (Å²) in [5.41, 5.74) is 0. The Kier molecular flexibility index (Phi) is 4.20. The molecule has 1 saturated carbocycles. The summed E-state index contributed by atoms with van der Waals surface area (Å²) in [4.78, 5) is 13.6. The Morgan fingerprint density at radius 3 is 2.88 bits per heavy atom. The molecule has 4 nitrogen and oxygen atoms in total. The van der Waals surface area contributed by atoms with Gasteiger partial charge < -0.3 is 9.15 Å². The first kappa shape index (κ1) is 12.2. The van der Waals surface area contributed by atoms with Crippen LogP contribution in [0.15, 0.2) is 22.8 Å². The molecule has 4 heteroatoms. The summed E-state index contributed by atoms with van der Waals surface area (Å²) >= 11 is 0. The van der Waals surface area contributed by atoms with Gasteiger partial charge in [-0.05, 0) is 25.0 Å². The molecule has 0 saturated heterocycles. The summed E-state index contributed by atoms with van der Waals surface area (Å²) in [6.45, 7) is 1.04. The maximum atomic E-state index is 11.4. The van der Waals surface area contributed by atoms with Crippen LogP contribution in [-0.4, -0.2) is 30.6 Å². The molecule has 1 heterocycles. The lowest BCUT2D eigenvalue weighted by molar-refractivity contribution is -0.142. The number of carbonyl (C=O) groups is 1. The lowest BCUT2D eigenvalue weighted by atomic mass is 10.2. The maximum absolute atomic E-state index is 11.4. The molecule has 0 radical (unpaired) electrons. The molecule has 1 fully saturated rings. The molecule has 0 atom stereocenters. The van der Waals surface area contributed by atoms with E-state index in [1.165, 1.54) is 20.0 Å². The minimum Gasteiger partial charge on any atom is -0.468 e. The summed E-state index contributed by atoms with van der Waals surface area (Å²) < 4.78 is 10.1. The van der Waals surface area contributed by atoms with Crippen LogP contribution in [0.5, 0.6) is 0 Å². The van der Waals surface area contributed by atoms with Crippen molar-refractivity contribution in [2.24, 2.45) is 0 Å². The van der Waals surface area contributed by atoms with Gasteiger partial charge in [-0.25, -0.2) is 0 Å². The zero-order valence-electron chi connectivity index (χ0n) is 10.2. The number of esters is 1. The predicted molar refractivity (Wildman–Crippen MR) is 63.4 cm³/mol. The predicted octanol–water partition coefficient (Wildman–Crippen LogP) is 2.20. The molecule has 2 rings (SSSR count). The van der Waals surface area contributed by atoms with E-state index in [1.54, 1.807) is 6.26 Å². The quantitative estimate of drug-likeness (QED) is 0.736. The molecule has 94 valence electrons. The van der Waals surface area contributed by atoms with Gasteiger partial charge in [0.1, 0.15) is 5.76 Å². The minimum absolute atomic E-state index is 0.177. The molecule has 1 aliphatic carbocycles.